The predicted octanol–water partition coefficient (Wildman–Crippen LogP) is 3.49. The molecule has 0 saturated carbocycles. The molecule has 0 bridgehead atoms. The number of anilines is 1. The van der Waals surface area contributed by atoms with Crippen LogP contribution in [0.15, 0.2) is 42.5 Å². The molecule has 1 atom stereocenters. The van der Waals surface area contributed by atoms with Crippen molar-refractivity contribution in [3.63, 3.8) is 0 Å². The summed E-state index contributed by atoms with van der Waals surface area (Å²) in [5.41, 5.74) is 3.49. The molecular weight excluding hydrogens is 324 g/mol. The Labute approximate surface area is 146 Å². The number of nitrogens with one attached hydrogen (secondary N) is 1. The van der Waals surface area contributed by atoms with Crippen LogP contribution in [0, 0.1) is 13.8 Å². The summed E-state index contributed by atoms with van der Waals surface area (Å²) in [7, 11) is 0. The van der Waals surface area contributed by atoms with Gasteiger partial charge in [0.15, 0.2) is 0 Å². The zero-order chi connectivity index (χ0) is 17.3. The number of amides is 2. The molecule has 1 aliphatic heterocycles. The highest BCUT2D eigenvalue weighted by atomic mass is 35.5. The van der Waals surface area contributed by atoms with Crippen molar-refractivity contribution in [2.45, 2.75) is 26.3 Å². The lowest BCUT2D eigenvalue weighted by atomic mass is 10.1. The standard InChI is InChI=1S/C19H19ClN2O2/c1-12-9-13(2)11-14(10-12)22-8-7-17(19(22)24)21-18(23)15-5-3-4-6-16(15)20/h3-6,9-11,17H,7-8H2,1-2H3,(H,21,23)/t17-/m1/s1. The second-order valence-corrected chi connectivity index (χ2v) is 6.54. The number of hydrogen-bond acceptors (Lipinski definition) is 2. The van der Waals surface area contributed by atoms with Crippen molar-refractivity contribution in [2.24, 2.45) is 0 Å². The average molecular weight is 343 g/mol. The molecule has 1 aliphatic rings. The summed E-state index contributed by atoms with van der Waals surface area (Å²) in [5.74, 6) is -0.401. The lowest BCUT2D eigenvalue weighted by molar-refractivity contribution is -0.118. The summed E-state index contributed by atoms with van der Waals surface area (Å²) in [4.78, 5) is 26.7. The molecule has 1 fully saturated rings. The first-order valence-corrected chi connectivity index (χ1v) is 8.28. The molecule has 3 rings (SSSR count). The summed E-state index contributed by atoms with van der Waals surface area (Å²) in [6, 6.07) is 12.4. The minimum absolute atomic E-state index is 0.0830. The van der Waals surface area contributed by atoms with Gasteiger partial charge in [-0.25, -0.2) is 0 Å². The Hall–Kier alpha value is -2.33. The van der Waals surface area contributed by atoms with Crippen LogP contribution >= 0.6 is 11.6 Å². The van der Waals surface area contributed by atoms with Crippen molar-refractivity contribution in [1.82, 2.24) is 5.32 Å². The van der Waals surface area contributed by atoms with Gasteiger partial charge in [-0.2, -0.15) is 0 Å². The van der Waals surface area contributed by atoms with Crippen LogP contribution in [0.5, 0.6) is 0 Å². The normalized spacial score (nSPS) is 17.2. The Kier molecular flexibility index (Phi) is 4.58. The number of halogens is 1. The number of carbonyl (C=O) groups is 2. The lowest BCUT2D eigenvalue weighted by Crippen LogP contribution is -2.41. The summed E-state index contributed by atoms with van der Waals surface area (Å²) >= 11 is 6.04. The van der Waals surface area contributed by atoms with Gasteiger partial charge in [-0.15, -0.1) is 0 Å². The van der Waals surface area contributed by atoms with Crippen molar-refractivity contribution in [3.8, 4) is 0 Å². The topological polar surface area (TPSA) is 49.4 Å². The van der Waals surface area contributed by atoms with Gasteiger partial charge in [-0.3, -0.25) is 9.59 Å². The lowest BCUT2D eigenvalue weighted by Gasteiger charge is -2.18. The van der Waals surface area contributed by atoms with E-state index in [-0.39, 0.29) is 11.8 Å². The van der Waals surface area contributed by atoms with E-state index < -0.39 is 6.04 Å². The molecular formula is C19H19ClN2O2. The zero-order valence-electron chi connectivity index (χ0n) is 13.7. The maximum absolute atomic E-state index is 12.7. The number of rotatable bonds is 3. The summed E-state index contributed by atoms with van der Waals surface area (Å²) in [6.07, 6.45) is 0.585. The van der Waals surface area contributed by atoms with Crippen LogP contribution in [0.3, 0.4) is 0 Å². The van der Waals surface area contributed by atoms with E-state index in [1.54, 1.807) is 29.2 Å². The average Bonchev–Trinajstić information content (AvgIpc) is 2.87. The number of nitrogens with zero attached hydrogens (tertiary/aromatic N) is 1. The molecule has 1 saturated heterocycles. The molecule has 4 nitrogen and oxygen atoms in total. The molecule has 2 aromatic rings. The fraction of sp³-hybridized carbons (Fsp3) is 0.263. The van der Waals surface area contributed by atoms with E-state index in [9.17, 15) is 9.59 Å². The second kappa shape index (κ2) is 6.65. The van der Waals surface area contributed by atoms with Crippen molar-refractivity contribution in [1.29, 1.82) is 0 Å². The van der Waals surface area contributed by atoms with Crippen LogP contribution < -0.4 is 10.2 Å². The fourth-order valence-corrected chi connectivity index (χ4v) is 3.28. The summed E-state index contributed by atoms with van der Waals surface area (Å²) in [6.45, 7) is 4.61. The largest absolute Gasteiger partial charge is 0.340 e. The van der Waals surface area contributed by atoms with E-state index in [4.69, 9.17) is 11.6 Å². The summed E-state index contributed by atoms with van der Waals surface area (Å²) < 4.78 is 0. The number of aryl methyl sites for hydroxylation is 2. The second-order valence-electron chi connectivity index (χ2n) is 6.13. The Morgan fingerprint density at radius 3 is 2.50 bits per heavy atom. The van der Waals surface area contributed by atoms with Crippen LogP contribution in [0.2, 0.25) is 5.02 Å². The maximum atomic E-state index is 12.7. The Balaban J connectivity index is 1.75. The Morgan fingerprint density at radius 1 is 1.17 bits per heavy atom. The predicted molar refractivity (Wildman–Crippen MR) is 95.6 cm³/mol. The van der Waals surface area contributed by atoms with Gasteiger partial charge in [0, 0.05) is 12.2 Å². The molecule has 0 aliphatic carbocycles. The van der Waals surface area contributed by atoms with Crippen LogP contribution in [-0.2, 0) is 4.79 Å². The Bertz CT molecular complexity index is 783. The highest BCUT2D eigenvalue weighted by Crippen LogP contribution is 2.24. The molecule has 2 amide bonds. The minimum atomic E-state index is -0.519. The van der Waals surface area contributed by atoms with E-state index in [1.165, 1.54) is 0 Å². The van der Waals surface area contributed by atoms with E-state index in [0.717, 1.165) is 16.8 Å². The molecule has 0 spiro atoms. The fourth-order valence-electron chi connectivity index (χ4n) is 3.06. The SMILES string of the molecule is Cc1cc(C)cc(N2CC[C@@H](NC(=O)c3ccccc3Cl)C2=O)c1. The molecule has 0 unspecified atom stereocenters. The number of benzene rings is 2. The van der Waals surface area contributed by atoms with Gasteiger partial charge in [0.2, 0.25) is 5.91 Å². The quantitative estimate of drug-likeness (QED) is 0.928. The van der Waals surface area contributed by atoms with Crippen molar-refractivity contribution < 1.29 is 9.59 Å². The van der Waals surface area contributed by atoms with Gasteiger partial charge in [-0.1, -0.05) is 29.8 Å². The van der Waals surface area contributed by atoms with E-state index >= 15 is 0 Å². The maximum Gasteiger partial charge on any atom is 0.253 e. The van der Waals surface area contributed by atoms with Crippen LogP contribution in [-0.4, -0.2) is 24.4 Å². The third-order valence-corrected chi connectivity index (χ3v) is 4.48. The smallest absolute Gasteiger partial charge is 0.253 e. The summed E-state index contributed by atoms with van der Waals surface area (Å²) in [5, 5.41) is 3.18. The molecule has 5 heteroatoms. The van der Waals surface area contributed by atoms with E-state index in [1.807, 2.05) is 26.0 Å². The van der Waals surface area contributed by atoms with Crippen LogP contribution in [0.25, 0.3) is 0 Å². The molecule has 1 N–H and O–H groups in total. The third kappa shape index (κ3) is 3.29. The number of hydrogen-bond donors (Lipinski definition) is 1. The molecule has 0 aromatic heterocycles. The van der Waals surface area contributed by atoms with Crippen molar-refractivity contribution in [2.75, 3.05) is 11.4 Å². The van der Waals surface area contributed by atoms with E-state index in [0.29, 0.717) is 23.6 Å². The molecule has 124 valence electrons. The molecule has 0 radical (unpaired) electrons. The van der Waals surface area contributed by atoms with Gasteiger partial charge in [-0.05, 0) is 55.7 Å². The molecule has 2 aromatic carbocycles. The first kappa shape index (κ1) is 16.5. The van der Waals surface area contributed by atoms with Gasteiger partial charge in [0.05, 0.1) is 10.6 Å². The van der Waals surface area contributed by atoms with Crippen LogP contribution in [0.1, 0.15) is 27.9 Å². The highest BCUT2D eigenvalue weighted by Gasteiger charge is 2.34. The van der Waals surface area contributed by atoms with Gasteiger partial charge < -0.3 is 10.2 Å². The van der Waals surface area contributed by atoms with Gasteiger partial charge in [0.1, 0.15) is 6.04 Å². The van der Waals surface area contributed by atoms with Crippen molar-refractivity contribution >= 4 is 29.1 Å². The molecule has 24 heavy (non-hydrogen) atoms. The van der Waals surface area contributed by atoms with Crippen LogP contribution in [0.4, 0.5) is 5.69 Å². The van der Waals surface area contributed by atoms with E-state index in [2.05, 4.69) is 11.4 Å². The first-order chi connectivity index (χ1) is 11.5. The Morgan fingerprint density at radius 2 is 1.83 bits per heavy atom. The van der Waals surface area contributed by atoms with Gasteiger partial charge in [0.25, 0.3) is 5.91 Å². The van der Waals surface area contributed by atoms with Crippen molar-refractivity contribution in [3.05, 3.63) is 64.2 Å². The van der Waals surface area contributed by atoms with Gasteiger partial charge >= 0.3 is 0 Å². The first-order valence-electron chi connectivity index (χ1n) is 7.91. The minimum Gasteiger partial charge on any atom is -0.340 e. The number of carbonyl (C=O) groups excluding carboxylic acids is 2. The third-order valence-electron chi connectivity index (χ3n) is 4.15. The molecule has 1 heterocycles. The zero-order valence-corrected chi connectivity index (χ0v) is 14.4. The highest BCUT2D eigenvalue weighted by molar-refractivity contribution is 6.33. The monoisotopic (exact) mass is 342 g/mol.